The fourth-order valence-corrected chi connectivity index (χ4v) is 4.19. The van der Waals surface area contributed by atoms with Crippen molar-refractivity contribution >= 4 is 27.3 Å². The van der Waals surface area contributed by atoms with Crippen LogP contribution < -0.4 is 4.72 Å². The van der Waals surface area contributed by atoms with Crippen LogP contribution in [0.1, 0.15) is 36.4 Å². The van der Waals surface area contributed by atoms with Crippen LogP contribution in [-0.2, 0) is 10.0 Å². The first-order chi connectivity index (χ1) is 9.32. The number of aromatic carboxylic acids is 1. The van der Waals surface area contributed by atoms with Crippen molar-refractivity contribution in [3.8, 4) is 0 Å². The Morgan fingerprint density at radius 3 is 2.45 bits per heavy atom. The highest BCUT2D eigenvalue weighted by atomic mass is 32.2. The summed E-state index contributed by atoms with van der Waals surface area (Å²) in [7, 11) is -3.89. The van der Waals surface area contributed by atoms with Crippen molar-refractivity contribution in [2.75, 3.05) is 13.2 Å². The van der Waals surface area contributed by atoms with E-state index in [1.807, 2.05) is 13.8 Å². The van der Waals surface area contributed by atoms with E-state index in [0.29, 0.717) is 12.8 Å². The van der Waals surface area contributed by atoms with Crippen LogP contribution in [0.5, 0.6) is 0 Å². The van der Waals surface area contributed by atoms with E-state index in [1.54, 1.807) is 0 Å². The average molecular weight is 321 g/mol. The minimum atomic E-state index is -3.89. The van der Waals surface area contributed by atoms with Gasteiger partial charge in [-0.3, -0.25) is 0 Å². The highest BCUT2D eigenvalue weighted by Crippen LogP contribution is 2.26. The van der Waals surface area contributed by atoms with Crippen LogP contribution in [0.2, 0.25) is 0 Å². The molecule has 0 aliphatic carbocycles. The second-order valence-electron chi connectivity index (χ2n) is 4.61. The van der Waals surface area contributed by atoms with Gasteiger partial charge in [-0.05, 0) is 24.3 Å². The first kappa shape index (κ1) is 17.1. The molecule has 0 spiro atoms. The van der Waals surface area contributed by atoms with E-state index in [1.165, 1.54) is 11.4 Å². The Hall–Kier alpha value is -0.960. The zero-order valence-corrected chi connectivity index (χ0v) is 13.1. The van der Waals surface area contributed by atoms with E-state index in [4.69, 9.17) is 5.11 Å². The number of aliphatic hydroxyl groups excluding tert-OH is 1. The van der Waals surface area contributed by atoms with Crippen LogP contribution in [-0.4, -0.2) is 37.8 Å². The van der Waals surface area contributed by atoms with Gasteiger partial charge in [-0.2, -0.15) is 0 Å². The fourth-order valence-electron chi connectivity index (χ4n) is 1.77. The van der Waals surface area contributed by atoms with Crippen molar-refractivity contribution < 1.29 is 23.4 Å². The lowest BCUT2D eigenvalue weighted by Crippen LogP contribution is -2.39. The Bertz CT molecular complexity index is 552. The quantitative estimate of drug-likeness (QED) is 0.673. The molecule has 0 saturated carbocycles. The molecule has 0 atom stereocenters. The molecule has 0 saturated heterocycles. The van der Waals surface area contributed by atoms with Gasteiger partial charge >= 0.3 is 5.97 Å². The number of carboxylic acids is 1. The molecule has 0 unspecified atom stereocenters. The number of nitrogens with one attached hydrogen (secondary N) is 1. The maximum Gasteiger partial charge on any atom is 0.347 e. The smallest absolute Gasteiger partial charge is 0.347 e. The van der Waals surface area contributed by atoms with Crippen molar-refractivity contribution in [2.24, 2.45) is 5.41 Å². The molecule has 3 N–H and O–H groups in total. The lowest BCUT2D eigenvalue weighted by molar-refractivity contribution is 0.0698. The molecule has 20 heavy (non-hydrogen) atoms. The van der Waals surface area contributed by atoms with Crippen molar-refractivity contribution in [1.29, 1.82) is 0 Å². The van der Waals surface area contributed by atoms with Gasteiger partial charge in [0.25, 0.3) is 0 Å². The van der Waals surface area contributed by atoms with E-state index >= 15 is 0 Å². The van der Waals surface area contributed by atoms with Gasteiger partial charge in [-0.25, -0.2) is 17.9 Å². The summed E-state index contributed by atoms with van der Waals surface area (Å²) in [4.78, 5) is 10.5. The summed E-state index contributed by atoms with van der Waals surface area (Å²) in [6, 6.07) is 1.27. The Morgan fingerprint density at radius 1 is 1.40 bits per heavy atom. The number of aliphatic hydroxyl groups is 1. The molecule has 1 rings (SSSR count). The Labute approximate surface area is 122 Å². The molecule has 1 heterocycles. The molecule has 114 valence electrons. The predicted octanol–water partition coefficient (Wildman–Crippen LogP) is 1.52. The maximum atomic E-state index is 12.2. The summed E-state index contributed by atoms with van der Waals surface area (Å²) in [5, 5.41) is 19.8. The minimum Gasteiger partial charge on any atom is -0.477 e. The Kier molecular flexibility index (Phi) is 5.69. The van der Waals surface area contributed by atoms with Crippen LogP contribution in [0.3, 0.4) is 0 Å². The largest absolute Gasteiger partial charge is 0.477 e. The van der Waals surface area contributed by atoms with Gasteiger partial charge in [0.05, 0.1) is 0 Å². The van der Waals surface area contributed by atoms with Crippen molar-refractivity contribution in [1.82, 2.24) is 4.72 Å². The predicted molar refractivity (Wildman–Crippen MR) is 76.6 cm³/mol. The number of sulfonamides is 1. The van der Waals surface area contributed by atoms with Gasteiger partial charge in [0, 0.05) is 18.6 Å². The summed E-state index contributed by atoms with van der Waals surface area (Å²) >= 11 is 0.867. The molecule has 0 aliphatic rings. The van der Waals surface area contributed by atoms with Crippen LogP contribution >= 0.6 is 11.3 Å². The van der Waals surface area contributed by atoms with Gasteiger partial charge < -0.3 is 10.2 Å². The van der Waals surface area contributed by atoms with Gasteiger partial charge in [0.2, 0.25) is 10.0 Å². The summed E-state index contributed by atoms with van der Waals surface area (Å²) < 4.78 is 26.7. The van der Waals surface area contributed by atoms with E-state index < -0.39 is 21.4 Å². The molecule has 1 aromatic rings. The SMILES string of the molecule is CCC(CC)(CO)CNS(=O)(=O)c1ccsc1C(=O)O. The number of rotatable bonds is 8. The molecular formula is C12H19NO5S2. The molecule has 0 radical (unpaired) electrons. The number of thiophene rings is 1. The van der Waals surface area contributed by atoms with Crippen molar-refractivity contribution in [3.63, 3.8) is 0 Å². The molecule has 1 aromatic heterocycles. The molecule has 0 aromatic carbocycles. The third-order valence-corrected chi connectivity index (χ3v) is 6.06. The first-order valence-corrected chi connectivity index (χ1v) is 8.59. The van der Waals surface area contributed by atoms with E-state index in [9.17, 15) is 18.3 Å². The van der Waals surface area contributed by atoms with E-state index in [0.717, 1.165) is 11.3 Å². The van der Waals surface area contributed by atoms with Gasteiger partial charge in [0.15, 0.2) is 0 Å². The number of hydrogen-bond donors (Lipinski definition) is 3. The minimum absolute atomic E-state index is 0.0771. The number of carboxylic acid groups (broad SMARTS) is 1. The van der Waals surface area contributed by atoms with Crippen LogP contribution in [0.25, 0.3) is 0 Å². The van der Waals surface area contributed by atoms with E-state index in [-0.39, 0.29) is 22.9 Å². The molecule has 0 amide bonds. The summed E-state index contributed by atoms with van der Waals surface area (Å²) in [6.45, 7) is 3.70. The highest BCUT2D eigenvalue weighted by molar-refractivity contribution is 7.89. The highest BCUT2D eigenvalue weighted by Gasteiger charge is 2.30. The lowest BCUT2D eigenvalue weighted by atomic mass is 9.84. The van der Waals surface area contributed by atoms with Gasteiger partial charge in [0.1, 0.15) is 9.77 Å². The van der Waals surface area contributed by atoms with Crippen LogP contribution in [0.4, 0.5) is 0 Å². The zero-order chi connectivity index (χ0) is 15.4. The Morgan fingerprint density at radius 2 is 2.00 bits per heavy atom. The molecule has 8 heteroatoms. The van der Waals surface area contributed by atoms with E-state index in [2.05, 4.69) is 4.72 Å². The third-order valence-electron chi connectivity index (χ3n) is 3.59. The Balaban J connectivity index is 2.96. The van der Waals surface area contributed by atoms with Gasteiger partial charge in [-0.15, -0.1) is 11.3 Å². The zero-order valence-electron chi connectivity index (χ0n) is 11.4. The standard InChI is InChI=1S/C12H19NO5S2/c1-3-12(4-2,8-14)7-13-20(17,18)9-5-6-19-10(9)11(15)16/h5-6,13-14H,3-4,7-8H2,1-2H3,(H,15,16). The monoisotopic (exact) mass is 321 g/mol. The number of carbonyl (C=O) groups is 1. The molecule has 0 bridgehead atoms. The first-order valence-electron chi connectivity index (χ1n) is 6.23. The summed E-state index contributed by atoms with van der Waals surface area (Å²) in [5.41, 5.74) is -0.521. The maximum absolute atomic E-state index is 12.2. The average Bonchev–Trinajstić information content (AvgIpc) is 2.91. The molecular weight excluding hydrogens is 302 g/mol. The van der Waals surface area contributed by atoms with Crippen LogP contribution in [0, 0.1) is 5.41 Å². The van der Waals surface area contributed by atoms with Crippen LogP contribution in [0.15, 0.2) is 16.3 Å². The molecule has 0 aliphatic heterocycles. The second-order valence-corrected chi connectivity index (χ2v) is 7.26. The van der Waals surface area contributed by atoms with Gasteiger partial charge in [-0.1, -0.05) is 13.8 Å². The summed E-state index contributed by atoms with van der Waals surface area (Å²) in [5.74, 6) is -1.26. The summed E-state index contributed by atoms with van der Waals surface area (Å²) in [6.07, 6.45) is 1.25. The normalized spacial score (nSPS) is 12.6. The second kappa shape index (κ2) is 6.66. The third kappa shape index (κ3) is 3.57. The number of hydrogen-bond acceptors (Lipinski definition) is 5. The lowest BCUT2D eigenvalue weighted by Gasteiger charge is -2.29. The topological polar surface area (TPSA) is 104 Å². The van der Waals surface area contributed by atoms with Crippen molar-refractivity contribution in [2.45, 2.75) is 31.6 Å². The fraction of sp³-hybridized carbons (Fsp3) is 0.583. The van der Waals surface area contributed by atoms with Crippen molar-refractivity contribution in [3.05, 3.63) is 16.3 Å². The molecule has 6 nitrogen and oxygen atoms in total. The molecule has 0 fully saturated rings.